The van der Waals surface area contributed by atoms with Crippen LogP contribution in [0.25, 0.3) is 11.3 Å². The van der Waals surface area contributed by atoms with Crippen molar-refractivity contribution in [3.63, 3.8) is 0 Å². The Morgan fingerprint density at radius 2 is 1.91 bits per heavy atom. The van der Waals surface area contributed by atoms with Crippen molar-refractivity contribution in [2.45, 2.75) is 51.2 Å². The Morgan fingerprint density at radius 1 is 1.16 bits per heavy atom. The summed E-state index contributed by atoms with van der Waals surface area (Å²) < 4.78 is 5.86. The third-order valence-electron chi connectivity index (χ3n) is 6.54. The number of aromatic hydroxyl groups is 1. The minimum absolute atomic E-state index is 0.0424. The average molecular weight is 432 g/mol. The van der Waals surface area contributed by atoms with Gasteiger partial charge in [0.2, 0.25) is 0 Å². The molecule has 6 nitrogen and oxygen atoms in total. The maximum Gasteiger partial charge on any atom is 0.273 e. The number of rotatable bonds is 4. The number of para-hydroxylation sites is 1. The molecular weight excluding hydrogens is 402 g/mol. The van der Waals surface area contributed by atoms with E-state index in [1.807, 2.05) is 17.0 Å². The summed E-state index contributed by atoms with van der Waals surface area (Å²) in [5.74, 6) is 0.0724. The number of H-pyrrole nitrogens is 1. The second-order valence-corrected chi connectivity index (χ2v) is 9.75. The lowest BCUT2D eigenvalue weighted by Crippen LogP contribution is -2.36. The van der Waals surface area contributed by atoms with Gasteiger partial charge in [0.25, 0.3) is 5.91 Å². The third-order valence-corrected chi connectivity index (χ3v) is 6.54. The Kier molecular flexibility index (Phi) is 5.05. The van der Waals surface area contributed by atoms with E-state index in [1.54, 1.807) is 12.1 Å². The van der Waals surface area contributed by atoms with Crippen molar-refractivity contribution >= 4 is 5.91 Å². The molecular formula is C26H29N3O3. The summed E-state index contributed by atoms with van der Waals surface area (Å²) in [4.78, 5) is 15.4. The quantitative estimate of drug-likeness (QED) is 0.622. The number of phenolic OH excluding ortho intramolecular Hbond substituents is 1. The highest BCUT2D eigenvalue weighted by atomic mass is 16.5. The number of amides is 1. The molecule has 0 radical (unpaired) electrons. The minimum atomic E-state index is -0.288. The van der Waals surface area contributed by atoms with Crippen molar-refractivity contribution in [3.05, 3.63) is 70.9 Å². The predicted molar refractivity (Wildman–Crippen MR) is 123 cm³/mol. The summed E-state index contributed by atoms with van der Waals surface area (Å²) in [6.07, 6.45) is 2.02. The fraction of sp³-hybridized carbons (Fsp3) is 0.385. The number of nitrogens with zero attached hydrogens (tertiary/aromatic N) is 2. The SMILES string of the molecule is CC(C)(C)c1ccc([C@@H]2c3c(-c4ccccc4O)n[nH]c3C(=O)N2C[C@H]2CCCO2)cc1. The number of hydrogen-bond donors (Lipinski definition) is 2. The van der Waals surface area contributed by atoms with Crippen LogP contribution in [0.2, 0.25) is 0 Å². The molecule has 32 heavy (non-hydrogen) atoms. The van der Waals surface area contributed by atoms with Gasteiger partial charge in [0.1, 0.15) is 17.1 Å². The van der Waals surface area contributed by atoms with Gasteiger partial charge < -0.3 is 14.7 Å². The maximum atomic E-state index is 13.5. The number of fused-ring (bicyclic) bond motifs is 1. The number of phenols is 1. The van der Waals surface area contributed by atoms with E-state index in [2.05, 4.69) is 55.2 Å². The van der Waals surface area contributed by atoms with Crippen LogP contribution in [0.15, 0.2) is 48.5 Å². The van der Waals surface area contributed by atoms with E-state index in [9.17, 15) is 9.90 Å². The number of hydrogen-bond acceptors (Lipinski definition) is 4. The smallest absolute Gasteiger partial charge is 0.273 e. The van der Waals surface area contributed by atoms with Gasteiger partial charge in [-0.3, -0.25) is 9.89 Å². The van der Waals surface area contributed by atoms with Crippen LogP contribution in [0.5, 0.6) is 5.75 Å². The maximum absolute atomic E-state index is 13.5. The topological polar surface area (TPSA) is 78.5 Å². The first-order valence-electron chi connectivity index (χ1n) is 11.2. The number of benzene rings is 2. The molecule has 2 atom stereocenters. The Bertz CT molecular complexity index is 1140. The van der Waals surface area contributed by atoms with Crippen molar-refractivity contribution in [3.8, 4) is 17.0 Å². The van der Waals surface area contributed by atoms with Gasteiger partial charge in [0.15, 0.2) is 0 Å². The number of nitrogens with one attached hydrogen (secondary N) is 1. The first-order chi connectivity index (χ1) is 15.3. The number of carbonyl (C=O) groups excluding carboxylic acids is 1. The second kappa shape index (κ2) is 7.78. The zero-order valence-corrected chi connectivity index (χ0v) is 18.8. The number of aromatic nitrogens is 2. The summed E-state index contributed by atoms with van der Waals surface area (Å²) in [5, 5.41) is 17.9. The van der Waals surface area contributed by atoms with Gasteiger partial charge in [-0.2, -0.15) is 5.10 Å². The lowest BCUT2D eigenvalue weighted by atomic mass is 9.85. The first-order valence-corrected chi connectivity index (χ1v) is 11.2. The molecule has 0 spiro atoms. The van der Waals surface area contributed by atoms with Gasteiger partial charge in [0, 0.05) is 24.3 Å². The standard InChI is InChI=1S/C26H29N3O3/c1-26(2,3)17-12-10-16(11-13-17)24-21-22(19-8-4-5-9-20(19)30)27-28-23(21)25(31)29(24)15-18-7-6-14-32-18/h4-5,8-13,18,24,30H,6-7,14-15H2,1-3H3,(H,27,28)/t18-,24-/m1/s1. The molecule has 1 aromatic heterocycles. The van der Waals surface area contributed by atoms with Crippen LogP contribution in [-0.2, 0) is 10.2 Å². The number of ether oxygens (including phenoxy) is 1. The molecule has 6 heteroatoms. The Balaban J connectivity index is 1.62. The van der Waals surface area contributed by atoms with Crippen LogP contribution in [-0.4, -0.2) is 45.4 Å². The molecule has 0 aliphatic carbocycles. The van der Waals surface area contributed by atoms with Crippen molar-refractivity contribution in [2.24, 2.45) is 0 Å². The van der Waals surface area contributed by atoms with E-state index in [0.717, 1.165) is 30.6 Å². The minimum Gasteiger partial charge on any atom is -0.507 e. The van der Waals surface area contributed by atoms with E-state index in [0.29, 0.717) is 23.5 Å². The van der Waals surface area contributed by atoms with E-state index < -0.39 is 0 Å². The molecule has 5 rings (SSSR count). The molecule has 1 saturated heterocycles. The second-order valence-electron chi connectivity index (χ2n) is 9.75. The molecule has 0 saturated carbocycles. The van der Waals surface area contributed by atoms with Gasteiger partial charge in [-0.05, 0) is 41.5 Å². The Morgan fingerprint density at radius 3 is 2.56 bits per heavy atom. The molecule has 3 aromatic rings. The summed E-state index contributed by atoms with van der Waals surface area (Å²) in [5.41, 5.74) is 4.86. The number of carbonyl (C=O) groups is 1. The van der Waals surface area contributed by atoms with Crippen molar-refractivity contribution in [1.29, 1.82) is 0 Å². The van der Waals surface area contributed by atoms with Gasteiger partial charge in [-0.15, -0.1) is 0 Å². The molecule has 1 amide bonds. The van der Waals surface area contributed by atoms with Crippen LogP contribution in [0.1, 0.15) is 66.8 Å². The predicted octanol–water partition coefficient (Wildman–Crippen LogP) is 4.80. The zero-order valence-electron chi connectivity index (χ0n) is 18.8. The van der Waals surface area contributed by atoms with Gasteiger partial charge in [-0.25, -0.2) is 0 Å². The Hall–Kier alpha value is -3.12. The molecule has 2 aliphatic heterocycles. The summed E-state index contributed by atoms with van der Waals surface area (Å²) in [7, 11) is 0. The fourth-order valence-corrected chi connectivity index (χ4v) is 4.78. The average Bonchev–Trinajstić information content (AvgIpc) is 3.48. The highest BCUT2D eigenvalue weighted by Crippen LogP contribution is 2.45. The molecule has 0 unspecified atom stereocenters. The molecule has 3 heterocycles. The first kappa shape index (κ1) is 20.8. The highest BCUT2D eigenvalue weighted by molar-refractivity contribution is 6.00. The molecule has 2 aromatic carbocycles. The summed E-state index contributed by atoms with van der Waals surface area (Å²) in [6.45, 7) is 7.85. The summed E-state index contributed by atoms with van der Waals surface area (Å²) in [6, 6.07) is 15.3. The molecule has 166 valence electrons. The summed E-state index contributed by atoms with van der Waals surface area (Å²) >= 11 is 0. The lowest BCUT2D eigenvalue weighted by Gasteiger charge is -2.29. The van der Waals surface area contributed by atoms with Crippen LogP contribution in [0.4, 0.5) is 0 Å². The highest BCUT2D eigenvalue weighted by Gasteiger charge is 2.43. The van der Waals surface area contributed by atoms with E-state index in [4.69, 9.17) is 4.74 Å². The molecule has 2 N–H and O–H groups in total. The Labute approximate surface area is 188 Å². The third kappa shape index (κ3) is 3.48. The van der Waals surface area contributed by atoms with E-state index >= 15 is 0 Å². The van der Waals surface area contributed by atoms with Crippen LogP contribution < -0.4 is 0 Å². The largest absolute Gasteiger partial charge is 0.507 e. The van der Waals surface area contributed by atoms with Crippen molar-refractivity contribution in [2.75, 3.05) is 13.2 Å². The van der Waals surface area contributed by atoms with E-state index in [1.165, 1.54) is 5.56 Å². The lowest BCUT2D eigenvalue weighted by molar-refractivity contribution is 0.0495. The molecule has 1 fully saturated rings. The molecule has 2 aliphatic rings. The van der Waals surface area contributed by atoms with E-state index in [-0.39, 0.29) is 29.2 Å². The van der Waals surface area contributed by atoms with Crippen LogP contribution >= 0.6 is 0 Å². The monoisotopic (exact) mass is 431 g/mol. The normalized spacial score (nSPS) is 20.7. The molecule has 0 bridgehead atoms. The van der Waals surface area contributed by atoms with Crippen molar-refractivity contribution in [1.82, 2.24) is 15.1 Å². The van der Waals surface area contributed by atoms with Gasteiger partial charge in [-0.1, -0.05) is 57.2 Å². The van der Waals surface area contributed by atoms with Gasteiger partial charge in [0.05, 0.1) is 12.1 Å². The van der Waals surface area contributed by atoms with Gasteiger partial charge >= 0.3 is 0 Å². The van der Waals surface area contributed by atoms with Crippen molar-refractivity contribution < 1.29 is 14.6 Å². The van der Waals surface area contributed by atoms with Crippen LogP contribution in [0, 0.1) is 0 Å². The van der Waals surface area contributed by atoms with Crippen LogP contribution in [0.3, 0.4) is 0 Å². The fourth-order valence-electron chi connectivity index (χ4n) is 4.78. The number of aromatic amines is 1. The zero-order chi connectivity index (χ0) is 22.5.